The molecule has 0 bridgehead atoms. The minimum atomic E-state index is 0. The number of hydrogen-bond donors (Lipinski definition) is 2. The van der Waals surface area contributed by atoms with E-state index in [0.29, 0.717) is 0 Å². The van der Waals surface area contributed by atoms with Gasteiger partial charge < -0.3 is 20.4 Å². The molecular formula is C21H31IN6. The first kappa shape index (κ1) is 22.3. The second-order valence-electron chi connectivity index (χ2n) is 6.54. The second-order valence-corrected chi connectivity index (χ2v) is 6.54. The molecule has 1 saturated heterocycles. The number of halogens is 1. The molecule has 0 spiro atoms. The predicted octanol–water partition coefficient (Wildman–Crippen LogP) is 3.29. The number of pyridine rings is 1. The molecule has 0 unspecified atom stereocenters. The van der Waals surface area contributed by atoms with Gasteiger partial charge in [0.2, 0.25) is 0 Å². The van der Waals surface area contributed by atoms with Gasteiger partial charge in [0.1, 0.15) is 5.82 Å². The number of nitrogens with one attached hydrogen (secondary N) is 2. The number of guanidine groups is 1. The average molecular weight is 494 g/mol. The average Bonchev–Trinajstić information content (AvgIpc) is 2.74. The van der Waals surface area contributed by atoms with Gasteiger partial charge in [0.05, 0.1) is 0 Å². The highest BCUT2D eigenvalue weighted by molar-refractivity contribution is 14.0. The highest BCUT2D eigenvalue weighted by Gasteiger charge is 2.20. The Kier molecular flexibility index (Phi) is 9.88. The fourth-order valence-electron chi connectivity index (χ4n) is 3.17. The molecule has 2 aromatic rings. The van der Waals surface area contributed by atoms with Crippen LogP contribution in [0.1, 0.15) is 13.3 Å². The summed E-state index contributed by atoms with van der Waals surface area (Å²) in [6.45, 7) is 8.63. The van der Waals surface area contributed by atoms with E-state index < -0.39 is 0 Å². The number of benzene rings is 1. The van der Waals surface area contributed by atoms with Crippen molar-refractivity contribution in [1.29, 1.82) is 0 Å². The van der Waals surface area contributed by atoms with Gasteiger partial charge in [-0.3, -0.25) is 4.99 Å². The number of hydrogen-bond acceptors (Lipinski definition) is 4. The first-order valence-electron chi connectivity index (χ1n) is 9.85. The quantitative estimate of drug-likeness (QED) is 0.268. The largest absolute Gasteiger partial charge is 0.385 e. The van der Waals surface area contributed by atoms with E-state index in [1.165, 1.54) is 5.69 Å². The fourth-order valence-corrected chi connectivity index (χ4v) is 3.17. The Morgan fingerprint density at radius 3 is 2.46 bits per heavy atom. The van der Waals surface area contributed by atoms with Crippen LogP contribution in [0.25, 0.3) is 0 Å². The van der Waals surface area contributed by atoms with E-state index in [2.05, 4.69) is 50.5 Å². The lowest BCUT2D eigenvalue weighted by atomic mass is 10.3. The minimum Gasteiger partial charge on any atom is -0.385 e. The van der Waals surface area contributed by atoms with Crippen molar-refractivity contribution < 1.29 is 0 Å². The first-order chi connectivity index (χ1) is 13.4. The van der Waals surface area contributed by atoms with Crippen molar-refractivity contribution in [3.63, 3.8) is 0 Å². The van der Waals surface area contributed by atoms with Crippen LogP contribution in [-0.2, 0) is 0 Å². The van der Waals surface area contributed by atoms with Crippen molar-refractivity contribution >= 4 is 41.4 Å². The van der Waals surface area contributed by atoms with E-state index in [0.717, 1.165) is 64.0 Å². The summed E-state index contributed by atoms with van der Waals surface area (Å²) < 4.78 is 0. The number of para-hydroxylation sites is 1. The Morgan fingerprint density at radius 1 is 1.04 bits per heavy atom. The Hall–Kier alpha value is -2.03. The lowest BCUT2D eigenvalue weighted by Gasteiger charge is -2.37. The molecule has 28 heavy (non-hydrogen) atoms. The lowest BCUT2D eigenvalue weighted by Crippen LogP contribution is -2.52. The van der Waals surface area contributed by atoms with Crippen LogP contribution in [0.4, 0.5) is 11.5 Å². The maximum atomic E-state index is 4.82. The molecule has 0 amide bonds. The first-order valence-corrected chi connectivity index (χ1v) is 9.85. The summed E-state index contributed by atoms with van der Waals surface area (Å²) in [4.78, 5) is 14.0. The summed E-state index contributed by atoms with van der Waals surface area (Å²) in [6.07, 6.45) is 2.87. The zero-order chi connectivity index (χ0) is 18.7. The molecule has 6 nitrogen and oxygen atoms in total. The molecule has 1 aliphatic heterocycles. The molecular weight excluding hydrogens is 463 g/mol. The lowest BCUT2D eigenvalue weighted by molar-refractivity contribution is 0.371. The van der Waals surface area contributed by atoms with E-state index in [4.69, 9.17) is 4.99 Å². The van der Waals surface area contributed by atoms with Crippen LogP contribution in [0.3, 0.4) is 0 Å². The van der Waals surface area contributed by atoms with Gasteiger partial charge in [-0.2, -0.15) is 0 Å². The third kappa shape index (κ3) is 6.85. The minimum absolute atomic E-state index is 0. The Morgan fingerprint density at radius 2 is 1.79 bits per heavy atom. The third-order valence-electron chi connectivity index (χ3n) is 4.59. The van der Waals surface area contributed by atoms with Gasteiger partial charge in [-0.15, -0.1) is 24.0 Å². The van der Waals surface area contributed by atoms with Crippen LogP contribution >= 0.6 is 24.0 Å². The van der Waals surface area contributed by atoms with Crippen LogP contribution in [0.5, 0.6) is 0 Å². The van der Waals surface area contributed by atoms with Crippen LogP contribution in [0, 0.1) is 0 Å². The van der Waals surface area contributed by atoms with E-state index in [9.17, 15) is 0 Å². The normalized spacial score (nSPS) is 14.4. The van der Waals surface area contributed by atoms with Gasteiger partial charge in [-0.05, 0) is 37.6 Å². The molecule has 2 heterocycles. The summed E-state index contributed by atoms with van der Waals surface area (Å²) in [5.74, 6) is 2.09. The van der Waals surface area contributed by atoms with Gasteiger partial charge >= 0.3 is 0 Å². The van der Waals surface area contributed by atoms with Crippen LogP contribution in [-0.4, -0.2) is 61.7 Å². The second kappa shape index (κ2) is 12.4. The van der Waals surface area contributed by atoms with Crippen LogP contribution in [0.15, 0.2) is 59.7 Å². The molecule has 0 aliphatic carbocycles. The summed E-state index contributed by atoms with van der Waals surface area (Å²) >= 11 is 0. The molecule has 1 aliphatic rings. The molecule has 0 atom stereocenters. The standard InChI is InChI=1S/C21H30N6.HI/c1-2-22-21(25-14-8-13-23-19-9-4-3-5-10-19)27-17-15-26(16-18-27)20-11-6-7-12-24-20;/h3-7,9-12,23H,2,8,13-18H2,1H3,(H,22,25);1H. The smallest absolute Gasteiger partial charge is 0.194 e. The molecule has 0 saturated carbocycles. The predicted molar refractivity (Wildman–Crippen MR) is 129 cm³/mol. The monoisotopic (exact) mass is 494 g/mol. The van der Waals surface area contributed by atoms with Gasteiger partial charge in [-0.1, -0.05) is 24.3 Å². The third-order valence-corrected chi connectivity index (χ3v) is 4.59. The Balaban J connectivity index is 0.00000280. The number of rotatable bonds is 7. The van der Waals surface area contributed by atoms with Crippen molar-refractivity contribution in [2.45, 2.75) is 13.3 Å². The van der Waals surface area contributed by atoms with E-state index in [-0.39, 0.29) is 24.0 Å². The van der Waals surface area contributed by atoms with Gasteiger partial charge in [0, 0.05) is 57.7 Å². The Labute approximate surface area is 185 Å². The van der Waals surface area contributed by atoms with Crippen LogP contribution in [0.2, 0.25) is 0 Å². The van der Waals surface area contributed by atoms with Gasteiger partial charge in [0.15, 0.2) is 5.96 Å². The van der Waals surface area contributed by atoms with Gasteiger partial charge in [-0.25, -0.2) is 4.98 Å². The number of piperazine rings is 1. The topological polar surface area (TPSA) is 55.8 Å². The molecule has 152 valence electrons. The maximum Gasteiger partial charge on any atom is 0.194 e. The number of anilines is 2. The van der Waals surface area contributed by atoms with Crippen molar-refractivity contribution in [3.8, 4) is 0 Å². The summed E-state index contributed by atoms with van der Waals surface area (Å²) in [7, 11) is 0. The van der Waals surface area contributed by atoms with E-state index in [1.807, 2.05) is 36.5 Å². The summed E-state index contributed by atoms with van der Waals surface area (Å²) in [6, 6.07) is 16.4. The summed E-state index contributed by atoms with van der Waals surface area (Å²) in [5.41, 5.74) is 1.17. The molecule has 1 fully saturated rings. The maximum absolute atomic E-state index is 4.82. The highest BCUT2D eigenvalue weighted by Crippen LogP contribution is 2.12. The molecule has 0 radical (unpaired) electrons. The summed E-state index contributed by atoms with van der Waals surface area (Å²) in [5, 5.41) is 6.87. The zero-order valence-electron chi connectivity index (χ0n) is 16.6. The molecule has 1 aromatic heterocycles. The van der Waals surface area contributed by atoms with Crippen molar-refractivity contribution in [3.05, 3.63) is 54.7 Å². The van der Waals surface area contributed by atoms with Crippen molar-refractivity contribution in [1.82, 2.24) is 15.2 Å². The van der Waals surface area contributed by atoms with Crippen LogP contribution < -0.4 is 15.5 Å². The zero-order valence-corrected chi connectivity index (χ0v) is 18.9. The van der Waals surface area contributed by atoms with E-state index >= 15 is 0 Å². The number of nitrogens with zero attached hydrogens (tertiary/aromatic N) is 4. The number of aliphatic imine (C=N–C) groups is 1. The van der Waals surface area contributed by atoms with E-state index in [1.54, 1.807) is 0 Å². The molecule has 1 aromatic carbocycles. The molecule has 7 heteroatoms. The Bertz CT molecular complexity index is 687. The number of aromatic nitrogens is 1. The fraction of sp³-hybridized carbons (Fsp3) is 0.429. The highest BCUT2D eigenvalue weighted by atomic mass is 127. The van der Waals surface area contributed by atoms with Crippen molar-refractivity contribution in [2.24, 2.45) is 4.99 Å². The van der Waals surface area contributed by atoms with Gasteiger partial charge in [0.25, 0.3) is 0 Å². The van der Waals surface area contributed by atoms with Crippen molar-refractivity contribution in [2.75, 3.05) is 56.0 Å². The SMILES string of the molecule is CCNC(=NCCCNc1ccccc1)N1CCN(c2ccccn2)CC1.I. The molecule has 3 rings (SSSR count). The molecule has 2 N–H and O–H groups in total.